The largest absolute Gasteiger partial charge is 0.376 e. The van der Waals surface area contributed by atoms with Crippen LogP contribution in [0.15, 0.2) is 12.2 Å². The van der Waals surface area contributed by atoms with E-state index in [-0.39, 0.29) is 12.6 Å². The monoisotopic (exact) mass is 143 g/mol. The van der Waals surface area contributed by atoms with Crippen molar-refractivity contribution in [2.75, 3.05) is 13.8 Å². The Bertz CT molecular complexity index is 132. The van der Waals surface area contributed by atoms with Gasteiger partial charge >= 0.3 is 0 Å². The van der Waals surface area contributed by atoms with Crippen LogP contribution in [0.4, 0.5) is 0 Å². The minimum absolute atomic E-state index is 0.163. The van der Waals surface area contributed by atoms with Gasteiger partial charge in [0.05, 0.1) is 0 Å². The molecule has 3 nitrogen and oxygen atoms in total. The van der Waals surface area contributed by atoms with Crippen molar-refractivity contribution in [3.05, 3.63) is 12.2 Å². The highest BCUT2D eigenvalue weighted by atomic mass is 16.3. The molecule has 0 rings (SSSR count). The van der Waals surface area contributed by atoms with E-state index in [0.29, 0.717) is 0 Å². The van der Waals surface area contributed by atoms with Crippen LogP contribution in [0.2, 0.25) is 0 Å². The van der Waals surface area contributed by atoms with Gasteiger partial charge in [0, 0.05) is 7.05 Å². The van der Waals surface area contributed by atoms with E-state index in [9.17, 15) is 4.79 Å². The first-order valence-corrected chi connectivity index (χ1v) is 3.24. The van der Waals surface area contributed by atoms with Crippen molar-refractivity contribution < 1.29 is 9.90 Å². The van der Waals surface area contributed by atoms with Crippen LogP contribution in [-0.2, 0) is 4.79 Å². The van der Waals surface area contributed by atoms with Crippen molar-refractivity contribution >= 4 is 5.91 Å². The molecule has 3 heteroatoms. The van der Waals surface area contributed by atoms with Crippen molar-refractivity contribution in [1.82, 2.24) is 4.90 Å². The van der Waals surface area contributed by atoms with Crippen LogP contribution < -0.4 is 0 Å². The molecule has 0 aliphatic rings. The fourth-order valence-corrected chi connectivity index (χ4v) is 0.416. The summed E-state index contributed by atoms with van der Waals surface area (Å²) in [6.45, 7) is 1.72. The molecular formula is C7H13NO2. The van der Waals surface area contributed by atoms with Gasteiger partial charge in [0.2, 0.25) is 5.91 Å². The van der Waals surface area contributed by atoms with E-state index in [1.165, 1.54) is 11.0 Å². The summed E-state index contributed by atoms with van der Waals surface area (Å²) in [6, 6.07) is 0. The molecule has 0 unspecified atom stereocenters. The molecule has 0 saturated heterocycles. The number of hydrogen-bond acceptors (Lipinski definition) is 2. The zero-order chi connectivity index (χ0) is 7.98. The van der Waals surface area contributed by atoms with Gasteiger partial charge in [-0.2, -0.15) is 0 Å². The highest BCUT2D eigenvalue weighted by molar-refractivity contribution is 5.87. The number of likely N-dealkylation sites (N-methyl/N-ethyl adjacent to an activating group) is 1. The minimum Gasteiger partial charge on any atom is -0.376 e. The van der Waals surface area contributed by atoms with Crippen molar-refractivity contribution in [3.8, 4) is 0 Å². The molecule has 0 aromatic carbocycles. The molecule has 0 radical (unpaired) electrons. The Morgan fingerprint density at radius 3 is 2.70 bits per heavy atom. The van der Waals surface area contributed by atoms with Crippen LogP contribution in [0.3, 0.4) is 0 Å². The Balaban J connectivity index is 3.72. The second-order valence-electron chi connectivity index (χ2n) is 1.99. The Morgan fingerprint density at radius 2 is 2.30 bits per heavy atom. The van der Waals surface area contributed by atoms with Gasteiger partial charge in [0.25, 0.3) is 0 Å². The third-order valence-corrected chi connectivity index (χ3v) is 1.08. The first-order valence-electron chi connectivity index (χ1n) is 3.24. The summed E-state index contributed by atoms with van der Waals surface area (Å²) in [6.07, 6.45) is 4.05. The average Bonchev–Trinajstić information content (AvgIpc) is 1.98. The van der Waals surface area contributed by atoms with E-state index < -0.39 is 0 Å². The molecule has 0 bridgehead atoms. The normalized spacial score (nSPS) is 10.3. The van der Waals surface area contributed by atoms with Crippen molar-refractivity contribution in [1.29, 1.82) is 0 Å². The summed E-state index contributed by atoms with van der Waals surface area (Å²) >= 11 is 0. The van der Waals surface area contributed by atoms with Gasteiger partial charge in [0.1, 0.15) is 6.73 Å². The van der Waals surface area contributed by atoms with Crippen LogP contribution in [0.5, 0.6) is 0 Å². The van der Waals surface area contributed by atoms with E-state index in [4.69, 9.17) is 5.11 Å². The highest BCUT2D eigenvalue weighted by Gasteiger charge is 1.99. The standard InChI is InChI=1S/C7H13NO2/c1-3-4-5-7(10)8(2)6-9/h4-5,9H,3,6H2,1-2H3/b5-4-. The van der Waals surface area contributed by atoms with E-state index in [0.717, 1.165) is 6.42 Å². The number of carbonyl (C=O) groups is 1. The van der Waals surface area contributed by atoms with E-state index >= 15 is 0 Å². The number of nitrogens with zero attached hydrogens (tertiary/aromatic N) is 1. The van der Waals surface area contributed by atoms with E-state index in [2.05, 4.69) is 0 Å². The van der Waals surface area contributed by atoms with Crippen LogP contribution in [0, 0.1) is 0 Å². The maximum Gasteiger partial charge on any atom is 0.247 e. The van der Waals surface area contributed by atoms with Crippen molar-refractivity contribution in [3.63, 3.8) is 0 Å². The molecule has 0 atom stereocenters. The predicted octanol–water partition coefficient (Wildman–Crippen LogP) is 0.361. The summed E-state index contributed by atoms with van der Waals surface area (Å²) in [4.78, 5) is 12.0. The number of amides is 1. The Labute approximate surface area is 61.0 Å². The van der Waals surface area contributed by atoms with Crippen LogP contribution >= 0.6 is 0 Å². The SMILES string of the molecule is CC/C=C\C(=O)N(C)CO. The molecule has 0 saturated carbocycles. The smallest absolute Gasteiger partial charge is 0.247 e. The number of rotatable bonds is 3. The zero-order valence-electron chi connectivity index (χ0n) is 6.37. The first kappa shape index (κ1) is 9.17. The van der Waals surface area contributed by atoms with Crippen molar-refractivity contribution in [2.24, 2.45) is 0 Å². The van der Waals surface area contributed by atoms with Gasteiger partial charge in [-0.05, 0) is 12.5 Å². The van der Waals surface area contributed by atoms with Crippen LogP contribution in [-0.4, -0.2) is 29.7 Å². The van der Waals surface area contributed by atoms with Gasteiger partial charge in [-0.3, -0.25) is 4.79 Å². The maximum atomic E-state index is 10.8. The Morgan fingerprint density at radius 1 is 1.70 bits per heavy atom. The molecule has 0 aromatic heterocycles. The van der Waals surface area contributed by atoms with Gasteiger partial charge < -0.3 is 10.0 Å². The third-order valence-electron chi connectivity index (χ3n) is 1.08. The highest BCUT2D eigenvalue weighted by Crippen LogP contribution is 1.86. The molecule has 0 aromatic rings. The summed E-state index contributed by atoms with van der Waals surface area (Å²) < 4.78 is 0. The summed E-state index contributed by atoms with van der Waals surface area (Å²) in [5, 5.41) is 8.48. The molecule has 0 aliphatic carbocycles. The molecule has 0 fully saturated rings. The molecule has 0 spiro atoms. The van der Waals surface area contributed by atoms with E-state index in [1.54, 1.807) is 13.1 Å². The lowest BCUT2D eigenvalue weighted by Crippen LogP contribution is -2.25. The fraction of sp³-hybridized carbons (Fsp3) is 0.571. The predicted molar refractivity (Wildman–Crippen MR) is 39.3 cm³/mol. The average molecular weight is 143 g/mol. The zero-order valence-corrected chi connectivity index (χ0v) is 6.37. The number of allylic oxidation sites excluding steroid dienone is 1. The molecule has 58 valence electrons. The maximum absolute atomic E-state index is 10.8. The number of aliphatic hydroxyl groups excluding tert-OH is 1. The molecule has 1 N–H and O–H groups in total. The topological polar surface area (TPSA) is 40.5 Å². The third kappa shape index (κ3) is 3.25. The van der Waals surface area contributed by atoms with Crippen LogP contribution in [0.1, 0.15) is 13.3 Å². The summed E-state index contributed by atoms with van der Waals surface area (Å²) in [5.41, 5.74) is 0. The summed E-state index contributed by atoms with van der Waals surface area (Å²) in [5.74, 6) is -0.163. The lowest BCUT2D eigenvalue weighted by atomic mass is 10.4. The molecule has 1 amide bonds. The molecule has 0 aliphatic heterocycles. The number of hydrogen-bond donors (Lipinski definition) is 1. The number of carbonyl (C=O) groups excluding carboxylic acids is 1. The van der Waals surface area contributed by atoms with Gasteiger partial charge in [-0.1, -0.05) is 13.0 Å². The van der Waals surface area contributed by atoms with Crippen LogP contribution in [0.25, 0.3) is 0 Å². The molecular weight excluding hydrogens is 130 g/mol. The second-order valence-corrected chi connectivity index (χ2v) is 1.99. The number of aliphatic hydroxyl groups is 1. The minimum atomic E-state index is -0.229. The second kappa shape index (κ2) is 4.99. The molecule has 0 heterocycles. The quantitative estimate of drug-likeness (QED) is 0.458. The summed E-state index contributed by atoms with van der Waals surface area (Å²) in [7, 11) is 1.54. The van der Waals surface area contributed by atoms with Gasteiger partial charge in [-0.25, -0.2) is 0 Å². The van der Waals surface area contributed by atoms with Crippen molar-refractivity contribution in [2.45, 2.75) is 13.3 Å². The lowest BCUT2D eigenvalue weighted by molar-refractivity contribution is -0.127. The first-order chi connectivity index (χ1) is 4.72. The van der Waals surface area contributed by atoms with Gasteiger partial charge in [-0.15, -0.1) is 0 Å². The lowest BCUT2D eigenvalue weighted by Gasteiger charge is -2.09. The fourth-order valence-electron chi connectivity index (χ4n) is 0.416. The Kier molecular flexibility index (Phi) is 4.58. The Hall–Kier alpha value is -0.830. The van der Waals surface area contributed by atoms with Gasteiger partial charge in [0.15, 0.2) is 0 Å². The molecule has 10 heavy (non-hydrogen) atoms. The van der Waals surface area contributed by atoms with E-state index in [1.807, 2.05) is 6.92 Å².